The number of hydrogen-bond acceptors (Lipinski definition) is 4. The number of hydroxylamine groups is 2. The average molecular weight is 298 g/mol. The molecular weight excluding hydrogens is 272 g/mol. The maximum Gasteiger partial charge on any atom is 0.410 e. The third-order valence-corrected chi connectivity index (χ3v) is 3.45. The second-order valence-electron chi connectivity index (χ2n) is 6.24. The van der Waals surface area contributed by atoms with Crippen LogP contribution in [0.3, 0.4) is 0 Å². The molecule has 6 heteroatoms. The van der Waals surface area contributed by atoms with Crippen LogP contribution in [0, 0.1) is 5.92 Å². The van der Waals surface area contributed by atoms with Crippen molar-refractivity contribution < 1.29 is 19.2 Å². The Hall–Kier alpha value is -1.56. The molecule has 2 amide bonds. The van der Waals surface area contributed by atoms with Crippen LogP contribution < -0.4 is 0 Å². The second kappa shape index (κ2) is 6.93. The Morgan fingerprint density at radius 3 is 2.43 bits per heavy atom. The van der Waals surface area contributed by atoms with Gasteiger partial charge in [-0.25, -0.2) is 9.86 Å². The molecule has 1 fully saturated rings. The summed E-state index contributed by atoms with van der Waals surface area (Å²) in [5.41, 5.74) is -0.598. The van der Waals surface area contributed by atoms with E-state index in [4.69, 9.17) is 9.57 Å². The second-order valence-corrected chi connectivity index (χ2v) is 6.24. The Balaban J connectivity index is 2.91. The van der Waals surface area contributed by atoms with E-state index < -0.39 is 17.7 Å². The SMILES string of the molecule is C=C[C@@H]1CC[C@@H](C(=O)N(C)OC)N(C(=O)OC(C)(C)C)C1. The monoisotopic (exact) mass is 298 g/mol. The third kappa shape index (κ3) is 4.74. The number of carbonyl (C=O) groups excluding carboxylic acids is 2. The van der Waals surface area contributed by atoms with Crippen LogP contribution in [0.25, 0.3) is 0 Å². The summed E-state index contributed by atoms with van der Waals surface area (Å²) >= 11 is 0. The van der Waals surface area contributed by atoms with Gasteiger partial charge < -0.3 is 4.74 Å². The minimum Gasteiger partial charge on any atom is -0.444 e. The van der Waals surface area contributed by atoms with Gasteiger partial charge in [0.25, 0.3) is 5.91 Å². The van der Waals surface area contributed by atoms with Gasteiger partial charge >= 0.3 is 6.09 Å². The Morgan fingerprint density at radius 1 is 1.33 bits per heavy atom. The first kappa shape index (κ1) is 17.5. The maximum absolute atomic E-state index is 12.4. The molecule has 6 nitrogen and oxygen atoms in total. The van der Waals surface area contributed by atoms with E-state index >= 15 is 0 Å². The number of amides is 2. The van der Waals surface area contributed by atoms with Crippen LogP contribution in [0.15, 0.2) is 12.7 Å². The lowest BCUT2D eigenvalue weighted by Crippen LogP contribution is -2.54. The van der Waals surface area contributed by atoms with Crippen LogP contribution >= 0.6 is 0 Å². The lowest BCUT2D eigenvalue weighted by Gasteiger charge is -2.39. The van der Waals surface area contributed by atoms with Crippen molar-refractivity contribution in [3.8, 4) is 0 Å². The Kier molecular flexibility index (Phi) is 5.78. The molecule has 1 aliphatic rings. The molecule has 0 saturated carbocycles. The maximum atomic E-state index is 12.4. The molecule has 0 aromatic rings. The van der Waals surface area contributed by atoms with Crippen LogP contribution in [-0.2, 0) is 14.4 Å². The molecule has 2 atom stereocenters. The van der Waals surface area contributed by atoms with Gasteiger partial charge in [-0.3, -0.25) is 14.5 Å². The van der Waals surface area contributed by atoms with Crippen LogP contribution in [0.1, 0.15) is 33.6 Å². The van der Waals surface area contributed by atoms with Crippen molar-refractivity contribution in [2.24, 2.45) is 5.92 Å². The van der Waals surface area contributed by atoms with Gasteiger partial charge in [-0.2, -0.15) is 0 Å². The van der Waals surface area contributed by atoms with E-state index in [1.54, 1.807) is 20.8 Å². The molecule has 0 aliphatic carbocycles. The summed E-state index contributed by atoms with van der Waals surface area (Å²) in [5.74, 6) is -0.0692. The van der Waals surface area contributed by atoms with Crippen molar-refractivity contribution in [1.82, 2.24) is 9.96 Å². The van der Waals surface area contributed by atoms with Crippen molar-refractivity contribution >= 4 is 12.0 Å². The van der Waals surface area contributed by atoms with Gasteiger partial charge in [0.15, 0.2) is 0 Å². The quantitative estimate of drug-likeness (QED) is 0.592. The van der Waals surface area contributed by atoms with E-state index in [0.717, 1.165) is 11.5 Å². The van der Waals surface area contributed by atoms with Gasteiger partial charge in [0.2, 0.25) is 0 Å². The van der Waals surface area contributed by atoms with Gasteiger partial charge in [0.1, 0.15) is 11.6 Å². The number of likely N-dealkylation sites (N-methyl/N-ethyl adjacent to an activating group) is 1. The van der Waals surface area contributed by atoms with Gasteiger partial charge in [0.05, 0.1) is 7.11 Å². The Bertz CT molecular complexity index is 403. The number of ether oxygens (including phenoxy) is 1. The lowest BCUT2D eigenvalue weighted by atomic mass is 9.92. The fraction of sp³-hybridized carbons (Fsp3) is 0.733. The standard InChI is InChI=1S/C15H26N2O4/c1-7-11-8-9-12(13(18)16(5)20-6)17(10-11)14(19)21-15(2,3)4/h7,11-12H,1,8-10H2,2-6H3/t11-,12+/m1/s1. The summed E-state index contributed by atoms with van der Waals surface area (Å²) in [4.78, 5) is 31.1. The number of likely N-dealkylation sites (tertiary alicyclic amines) is 1. The molecule has 0 unspecified atom stereocenters. The summed E-state index contributed by atoms with van der Waals surface area (Å²) < 4.78 is 5.40. The lowest BCUT2D eigenvalue weighted by molar-refractivity contribution is -0.175. The molecule has 0 aromatic carbocycles. The molecule has 0 spiro atoms. The van der Waals surface area contributed by atoms with Crippen molar-refractivity contribution in [1.29, 1.82) is 0 Å². The van der Waals surface area contributed by atoms with Crippen molar-refractivity contribution in [3.63, 3.8) is 0 Å². The molecular formula is C15H26N2O4. The summed E-state index contributed by atoms with van der Waals surface area (Å²) in [7, 11) is 2.96. The molecule has 0 N–H and O–H groups in total. The largest absolute Gasteiger partial charge is 0.444 e. The zero-order valence-corrected chi connectivity index (χ0v) is 13.6. The van der Waals surface area contributed by atoms with Crippen molar-refractivity contribution in [3.05, 3.63) is 12.7 Å². The molecule has 1 rings (SSSR count). The zero-order valence-electron chi connectivity index (χ0n) is 13.6. The van der Waals surface area contributed by atoms with E-state index in [2.05, 4.69) is 6.58 Å². The highest BCUT2D eigenvalue weighted by Crippen LogP contribution is 2.26. The normalized spacial score (nSPS) is 22.6. The third-order valence-electron chi connectivity index (χ3n) is 3.45. The molecule has 1 heterocycles. The fourth-order valence-corrected chi connectivity index (χ4v) is 2.27. The van der Waals surface area contributed by atoms with Gasteiger partial charge in [-0.15, -0.1) is 6.58 Å². The Labute approximate surface area is 126 Å². The number of carbonyl (C=O) groups is 2. The minimum atomic E-state index is -0.598. The number of rotatable bonds is 3. The first-order valence-corrected chi connectivity index (χ1v) is 7.13. The zero-order chi connectivity index (χ0) is 16.2. The molecule has 0 bridgehead atoms. The minimum absolute atomic E-state index is 0.175. The molecule has 1 saturated heterocycles. The van der Waals surface area contributed by atoms with Crippen molar-refractivity contribution in [2.45, 2.75) is 45.3 Å². The first-order valence-electron chi connectivity index (χ1n) is 7.13. The van der Waals surface area contributed by atoms with E-state index in [9.17, 15) is 9.59 Å². The van der Waals surface area contributed by atoms with E-state index in [1.165, 1.54) is 19.1 Å². The molecule has 120 valence electrons. The van der Waals surface area contributed by atoms with Gasteiger partial charge in [-0.05, 0) is 39.5 Å². The Morgan fingerprint density at radius 2 is 1.95 bits per heavy atom. The van der Waals surface area contributed by atoms with Crippen molar-refractivity contribution in [2.75, 3.05) is 20.7 Å². The molecule has 21 heavy (non-hydrogen) atoms. The molecule has 0 aromatic heterocycles. The highest BCUT2D eigenvalue weighted by Gasteiger charge is 2.38. The highest BCUT2D eigenvalue weighted by molar-refractivity contribution is 5.85. The number of hydrogen-bond donors (Lipinski definition) is 0. The summed E-state index contributed by atoms with van der Waals surface area (Å²) in [6.07, 6.45) is 2.73. The predicted octanol–water partition coefficient (Wildman–Crippen LogP) is 2.21. The molecule has 1 aliphatic heterocycles. The number of piperidine rings is 1. The van der Waals surface area contributed by atoms with Crippen LogP contribution in [0.5, 0.6) is 0 Å². The molecule has 0 radical (unpaired) electrons. The topological polar surface area (TPSA) is 59.1 Å². The van der Waals surface area contributed by atoms with Crippen LogP contribution in [0.4, 0.5) is 4.79 Å². The van der Waals surface area contributed by atoms with E-state index in [1.807, 2.05) is 6.08 Å². The summed E-state index contributed by atoms with van der Waals surface area (Å²) in [6.45, 7) is 9.62. The fourth-order valence-electron chi connectivity index (χ4n) is 2.27. The first-order chi connectivity index (χ1) is 9.69. The summed E-state index contributed by atoms with van der Waals surface area (Å²) in [5, 5.41) is 1.15. The highest BCUT2D eigenvalue weighted by atomic mass is 16.7. The van der Waals surface area contributed by atoms with E-state index in [0.29, 0.717) is 13.0 Å². The smallest absolute Gasteiger partial charge is 0.410 e. The van der Waals surface area contributed by atoms with Gasteiger partial charge in [-0.1, -0.05) is 6.08 Å². The van der Waals surface area contributed by atoms with Gasteiger partial charge in [0, 0.05) is 13.6 Å². The predicted molar refractivity (Wildman–Crippen MR) is 79.4 cm³/mol. The van der Waals surface area contributed by atoms with E-state index in [-0.39, 0.29) is 11.8 Å². The van der Waals surface area contributed by atoms with Crippen LogP contribution in [0.2, 0.25) is 0 Å². The average Bonchev–Trinajstić information content (AvgIpc) is 2.43. The summed E-state index contributed by atoms with van der Waals surface area (Å²) in [6, 6.07) is -0.555. The number of nitrogens with zero attached hydrogens (tertiary/aromatic N) is 2. The van der Waals surface area contributed by atoms with Crippen LogP contribution in [-0.4, -0.2) is 54.3 Å².